The van der Waals surface area contributed by atoms with Crippen LogP contribution in [0.15, 0.2) is 42.5 Å². The van der Waals surface area contributed by atoms with E-state index in [2.05, 4.69) is 0 Å². The van der Waals surface area contributed by atoms with Gasteiger partial charge in [0.15, 0.2) is 0 Å². The molecule has 0 aliphatic rings. The molecule has 0 saturated carbocycles. The number of methoxy groups -OCH3 is 1. The van der Waals surface area contributed by atoms with Crippen molar-refractivity contribution < 1.29 is 13.9 Å². The van der Waals surface area contributed by atoms with Gasteiger partial charge in [-0.3, -0.25) is 4.79 Å². The molecule has 0 amide bonds. The van der Waals surface area contributed by atoms with Gasteiger partial charge >= 0.3 is 0 Å². The van der Waals surface area contributed by atoms with Crippen molar-refractivity contribution in [1.82, 2.24) is 0 Å². The Morgan fingerprint density at radius 1 is 0.947 bits per heavy atom. The molecule has 0 heterocycles. The molecule has 0 atom stereocenters. The Labute approximate surface area is 111 Å². The molecule has 19 heavy (non-hydrogen) atoms. The van der Waals surface area contributed by atoms with Gasteiger partial charge in [-0.05, 0) is 41.5 Å². The van der Waals surface area contributed by atoms with E-state index in [1.165, 1.54) is 12.1 Å². The van der Waals surface area contributed by atoms with Gasteiger partial charge in [-0.15, -0.1) is 0 Å². The van der Waals surface area contributed by atoms with E-state index in [0.717, 1.165) is 11.3 Å². The Kier molecular flexibility index (Phi) is 4.08. The van der Waals surface area contributed by atoms with Gasteiger partial charge < -0.3 is 4.74 Å². The van der Waals surface area contributed by atoms with Crippen LogP contribution in [-0.2, 0) is 0 Å². The van der Waals surface area contributed by atoms with E-state index in [9.17, 15) is 9.18 Å². The maximum atomic E-state index is 13.2. The highest BCUT2D eigenvalue weighted by Crippen LogP contribution is 2.15. The fourth-order valence-electron chi connectivity index (χ4n) is 1.71. The summed E-state index contributed by atoms with van der Waals surface area (Å²) >= 11 is 0. The lowest BCUT2D eigenvalue weighted by Crippen LogP contribution is -1.85. The maximum absolute atomic E-state index is 13.2. The monoisotopic (exact) mass is 256 g/mol. The molecule has 0 saturated heterocycles. The van der Waals surface area contributed by atoms with Crippen molar-refractivity contribution in [1.29, 1.82) is 0 Å². The van der Waals surface area contributed by atoms with Crippen molar-refractivity contribution in [2.24, 2.45) is 0 Å². The Balaban J connectivity index is 2.21. The summed E-state index contributed by atoms with van der Waals surface area (Å²) in [7, 11) is 1.61. The van der Waals surface area contributed by atoms with Crippen LogP contribution in [0.25, 0.3) is 12.2 Å². The van der Waals surface area contributed by atoms with Crippen LogP contribution >= 0.6 is 0 Å². The number of hydrogen-bond donors (Lipinski definition) is 0. The van der Waals surface area contributed by atoms with Crippen LogP contribution in [0.1, 0.15) is 21.5 Å². The highest BCUT2D eigenvalue weighted by molar-refractivity contribution is 5.78. The SMILES string of the molecule is COc1ccc(/C=C/c2cc(F)cc(C=O)c2)cc1. The van der Waals surface area contributed by atoms with Gasteiger partial charge in [-0.25, -0.2) is 4.39 Å². The third-order valence-electron chi connectivity index (χ3n) is 2.66. The van der Waals surface area contributed by atoms with Crippen LogP contribution in [0.3, 0.4) is 0 Å². The molecule has 2 aromatic carbocycles. The molecule has 3 heteroatoms. The van der Waals surface area contributed by atoms with Gasteiger partial charge in [-0.2, -0.15) is 0 Å². The van der Waals surface area contributed by atoms with Crippen molar-refractivity contribution in [3.8, 4) is 5.75 Å². The normalized spacial score (nSPS) is 10.6. The molecule has 0 spiro atoms. The van der Waals surface area contributed by atoms with E-state index in [-0.39, 0.29) is 0 Å². The predicted molar refractivity (Wildman–Crippen MR) is 73.7 cm³/mol. The van der Waals surface area contributed by atoms with E-state index in [1.54, 1.807) is 19.3 Å². The third kappa shape index (κ3) is 3.52. The lowest BCUT2D eigenvalue weighted by molar-refractivity contribution is 0.112. The number of carbonyl (C=O) groups excluding carboxylic acids is 1. The fourth-order valence-corrected chi connectivity index (χ4v) is 1.71. The number of halogens is 1. The van der Waals surface area contributed by atoms with Crippen LogP contribution in [-0.4, -0.2) is 13.4 Å². The van der Waals surface area contributed by atoms with Crippen molar-refractivity contribution in [3.63, 3.8) is 0 Å². The highest BCUT2D eigenvalue weighted by Gasteiger charge is 1.97. The minimum Gasteiger partial charge on any atom is -0.497 e. The lowest BCUT2D eigenvalue weighted by atomic mass is 10.1. The van der Waals surface area contributed by atoms with Gasteiger partial charge in [0.2, 0.25) is 0 Å². The molecule has 2 aromatic rings. The zero-order valence-corrected chi connectivity index (χ0v) is 10.5. The summed E-state index contributed by atoms with van der Waals surface area (Å²) in [6.07, 6.45) is 4.24. The van der Waals surface area contributed by atoms with Crippen LogP contribution in [0, 0.1) is 5.82 Å². The van der Waals surface area contributed by atoms with Gasteiger partial charge in [0.05, 0.1) is 7.11 Å². The lowest BCUT2D eigenvalue weighted by Gasteiger charge is -2.00. The number of rotatable bonds is 4. The minimum absolute atomic E-state index is 0.328. The molecule has 2 nitrogen and oxygen atoms in total. The van der Waals surface area contributed by atoms with E-state index in [1.807, 2.05) is 30.3 Å². The molecule has 0 fully saturated rings. The number of hydrogen-bond acceptors (Lipinski definition) is 2. The van der Waals surface area contributed by atoms with Crippen LogP contribution in [0.5, 0.6) is 5.75 Å². The molecular weight excluding hydrogens is 243 g/mol. The first-order valence-electron chi connectivity index (χ1n) is 5.79. The summed E-state index contributed by atoms with van der Waals surface area (Å²) in [5.74, 6) is 0.366. The van der Waals surface area contributed by atoms with Crippen molar-refractivity contribution in [2.45, 2.75) is 0 Å². The molecule has 0 N–H and O–H groups in total. The topological polar surface area (TPSA) is 26.3 Å². The molecule has 2 rings (SSSR count). The van der Waals surface area contributed by atoms with Crippen LogP contribution in [0.2, 0.25) is 0 Å². The second kappa shape index (κ2) is 5.96. The summed E-state index contributed by atoms with van der Waals surface area (Å²) in [5.41, 5.74) is 1.95. The standard InChI is InChI=1S/C16H13FO2/c1-19-16-6-4-12(5-7-16)2-3-13-8-14(11-18)10-15(17)9-13/h2-11H,1H3/b3-2+. The Hall–Kier alpha value is -2.42. The number of carbonyl (C=O) groups is 1. The molecule has 0 radical (unpaired) electrons. The molecule has 0 aliphatic carbocycles. The first kappa shape index (κ1) is 13.0. The molecule has 0 aliphatic heterocycles. The number of ether oxygens (including phenoxy) is 1. The fraction of sp³-hybridized carbons (Fsp3) is 0.0625. The second-order valence-electron chi connectivity index (χ2n) is 4.04. The summed E-state index contributed by atoms with van der Waals surface area (Å²) in [5, 5.41) is 0. The first-order chi connectivity index (χ1) is 9.21. The van der Waals surface area contributed by atoms with Crippen molar-refractivity contribution in [3.05, 3.63) is 65.0 Å². The van der Waals surface area contributed by atoms with Crippen molar-refractivity contribution >= 4 is 18.4 Å². The van der Waals surface area contributed by atoms with Crippen LogP contribution in [0.4, 0.5) is 4.39 Å². The van der Waals surface area contributed by atoms with Crippen LogP contribution < -0.4 is 4.74 Å². The van der Waals surface area contributed by atoms with Gasteiger partial charge in [-0.1, -0.05) is 24.3 Å². The van der Waals surface area contributed by atoms with E-state index in [4.69, 9.17) is 4.74 Å². The van der Waals surface area contributed by atoms with Crippen molar-refractivity contribution in [2.75, 3.05) is 7.11 Å². The highest BCUT2D eigenvalue weighted by atomic mass is 19.1. The van der Waals surface area contributed by atoms with Gasteiger partial charge in [0.1, 0.15) is 17.9 Å². The quantitative estimate of drug-likeness (QED) is 0.614. The first-order valence-corrected chi connectivity index (χ1v) is 5.79. The largest absolute Gasteiger partial charge is 0.497 e. The Morgan fingerprint density at radius 2 is 1.58 bits per heavy atom. The molecule has 0 aromatic heterocycles. The predicted octanol–water partition coefficient (Wildman–Crippen LogP) is 3.82. The second-order valence-corrected chi connectivity index (χ2v) is 4.04. The summed E-state index contributed by atoms with van der Waals surface area (Å²) in [6.45, 7) is 0. The van der Waals surface area contributed by atoms with Gasteiger partial charge in [0.25, 0.3) is 0 Å². The summed E-state index contributed by atoms with van der Waals surface area (Å²) in [6, 6.07) is 11.7. The number of aldehydes is 1. The molecular formula is C16H13FO2. The Bertz CT molecular complexity index is 601. The molecule has 0 unspecified atom stereocenters. The smallest absolute Gasteiger partial charge is 0.150 e. The summed E-state index contributed by atoms with van der Waals surface area (Å²) < 4.78 is 18.3. The Morgan fingerprint density at radius 3 is 2.21 bits per heavy atom. The average Bonchev–Trinajstić information content (AvgIpc) is 2.45. The third-order valence-corrected chi connectivity index (χ3v) is 2.66. The number of benzene rings is 2. The van der Waals surface area contributed by atoms with E-state index < -0.39 is 5.82 Å². The summed E-state index contributed by atoms with van der Waals surface area (Å²) in [4.78, 5) is 10.7. The average molecular weight is 256 g/mol. The zero-order valence-electron chi connectivity index (χ0n) is 10.5. The van der Waals surface area contributed by atoms with E-state index in [0.29, 0.717) is 17.4 Å². The molecule has 96 valence electrons. The minimum atomic E-state index is -0.418. The zero-order chi connectivity index (χ0) is 13.7. The van der Waals surface area contributed by atoms with Gasteiger partial charge in [0, 0.05) is 5.56 Å². The maximum Gasteiger partial charge on any atom is 0.150 e. The molecule has 0 bridgehead atoms. The van der Waals surface area contributed by atoms with E-state index >= 15 is 0 Å².